The van der Waals surface area contributed by atoms with E-state index in [0.29, 0.717) is 17.3 Å². The van der Waals surface area contributed by atoms with Crippen LogP contribution in [0.25, 0.3) is 11.5 Å². The minimum Gasteiger partial charge on any atom is -0.478 e. The van der Waals surface area contributed by atoms with Crippen molar-refractivity contribution in [3.05, 3.63) is 29.7 Å². The van der Waals surface area contributed by atoms with Gasteiger partial charge in [-0.3, -0.25) is 0 Å². The zero-order valence-electron chi connectivity index (χ0n) is 8.47. The Hall–Kier alpha value is -2.37. The number of hydrogen-bond donors (Lipinski definition) is 2. The van der Waals surface area contributed by atoms with E-state index in [9.17, 15) is 4.79 Å². The lowest BCUT2D eigenvalue weighted by molar-refractivity contribution is 0.0698. The lowest BCUT2D eigenvalue weighted by atomic mass is 10.1. The average molecular weight is 219 g/mol. The molecule has 1 aromatic heterocycles. The molecule has 1 aromatic carbocycles. The van der Waals surface area contributed by atoms with Crippen molar-refractivity contribution < 1.29 is 14.3 Å². The number of nitrogens with two attached hydrogens (primary N) is 1. The number of hydrogen-bond acceptors (Lipinski definition) is 5. The second-order valence-corrected chi connectivity index (χ2v) is 3.23. The Bertz CT molecular complexity index is 548. The Kier molecular flexibility index (Phi) is 2.32. The van der Waals surface area contributed by atoms with Gasteiger partial charge in [0.1, 0.15) is 0 Å². The molecule has 16 heavy (non-hydrogen) atoms. The van der Waals surface area contributed by atoms with E-state index in [-0.39, 0.29) is 11.3 Å². The quantitative estimate of drug-likeness (QED) is 0.738. The third kappa shape index (κ3) is 1.72. The van der Waals surface area contributed by atoms with Crippen LogP contribution in [0.3, 0.4) is 0 Å². The van der Waals surface area contributed by atoms with Crippen LogP contribution in [0.1, 0.15) is 16.2 Å². The lowest BCUT2D eigenvalue weighted by Crippen LogP contribution is -2.02. The molecule has 6 heteroatoms. The molecule has 0 aliphatic heterocycles. The Morgan fingerprint density at radius 3 is 2.69 bits per heavy atom. The highest BCUT2D eigenvalue weighted by Gasteiger charge is 2.11. The molecule has 0 aliphatic rings. The molecule has 0 aliphatic carbocycles. The van der Waals surface area contributed by atoms with Crippen LogP contribution in [-0.2, 0) is 0 Å². The summed E-state index contributed by atoms with van der Waals surface area (Å²) < 4.78 is 5.20. The summed E-state index contributed by atoms with van der Waals surface area (Å²) in [5.41, 5.74) is 6.42. The number of anilines is 1. The SMILES string of the molecule is Cc1nnc(-c2ccc(C(=O)O)c(N)c2)o1. The minimum absolute atomic E-state index is 0.0555. The molecule has 0 spiro atoms. The summed E-state index contributed by atoms with van der Waals surface area (Å²) in [4.78, 5) is 10.7. The van der Waals surface area contributed by atoms with Crippen molar-refractivity contribution in [2.75, 3.05) is 5.73 Å². The molecular formula is C10H9N3O3. The first kappa shape index (κ1) is 10.2. The summed E-state index contributed by atoms with van der Waals surface area (Å²) in [7, 11) is 0. The lowest BCUT2D eigenvalue weighted by Gasteiger charge is -2.01. The fraction of sp³-hybridized carbons (Fsp3) is 0.100. The Morgan fingerprint density at radius 1 is 1.44 bits per heavy atom. The summed E-state index contributed by atoms with van der Waals surface area (Å²) in [6.07, 6.45) is 0. The van der Waals surface area contributed by atoms with E-state index in [1.54, 1.807) is 13.0 Å². The van der Waals surface area contributed by atoms with Crippen LogP contribution in [0.2, 0.25) is 0 Å². The Labute approximate surface area is 90.7 Å². The summed E-state index contributed by atoms with van der Waals surface area (Å²) in [6, 6.07) is 4.48. The number of nitrogens with zero attached hydrogens (tertiary/aromatic N) is 2. The monoisotopic (exact) mass is 219 g/mol. The Morgan fingerprint density at radius 2 is 2.19 bits per heavy atom. The van der Waals surface area contributed by atoms with Gasteiger partial charge in [0, 0.05) is 18.2 Å². The van der Waals surface area contributed by atoms with Crippen LogP contribution in [-0.4, -0.2) is 21.3 Å². The van der Waals surface area contributed by atoms with Crippen LogP contribution < -0.4 is 5.73 Å². The molecule has 2 aromatic rings. The molecule has 0 saturated carbocycles. The van der Waals surface area contributed by atoms with E-state index in [0.717, 1.165) is 0 Å². The van der Waals surface area contributed by atoms with Gasteiger partial charge in [0.2, 0.25) is 11.8 Å². The van der Waals surface area contributed by atoms with Crippen molar-refractivity contribution in [3.8, 4) is 11.5 Å². The van der Waals surface area contributed by atoms with Gasteiger partial charge < -0.3 is 15.3 Å². The highest BCUT2D eigenvalue weighted by molar-refractivity contribution is 5.94. The van der Waals surface area contributed by atoms with Crippen molar-refractivity contribution in [2.24, 2.45) is 0 Å². The van der Waals surface area contributed by atoms with E-state index in [2.05, 4.69) is 10.2 Å². The molecule has 0 bridgehead atoms. The molecule has 1 heterocycles. The van der Waals surface area contributed by atoms with Gasteiger partial charge in [-0.1, -0.05) is 0 Å². The second kappa shape index (κ2) is 3.65. The molecule has 0 saturated heterocycles. The smallest absolute Gasteiger partial charge is 0.337 e. The number of carboxylic acid groups (broad SMARTS) is 1. The molecule has 2 rings (SSSR count). The first-order valence-corrected chi connectivity index (χ1v) is 4.51. The molecule has 3 N–H and O–H groups in total. The van der Waals surface area contributed by atoms with Crippen molar-refractivity contribution in [3.63, 3.8) is 0 Å². The van der Waals surface area contributed by atoms with Crippen molar-refractivity contribution in [1.29, 1.82) is 0 Å². The van der Waals surface area contributed by atoms with Gasteiger partial charge in [-0.15, -0.1) is 10.2 Å². The Balaban J connectivity index is 2.45. The molecule has 0 unspecified atom stereocenters. The number of aromatic nitrogens is 2. The minimum atomic E-state index is -1.06. The van der Waals surface area contributed by atoms with Gasteiger partial charge in [-0.05, 0) is 18.2 Å². The highest BCUT2D eigenvalue weighted by Crippen LogP contribution is 2.22. The van der Waals surface area contributed by atoms with Gasteiger partial charge in [0.05, 0.1) is 5.56 Å². The van der Waals surface area contributed by atoms with Crippen molar-refractivity contribution in [2.45, 2.75) is 6.92 Å². The van der Waals surface area contributed by atoms with Crippen LogP contribution >= 0.6 is 0 Å². The second-order valence-electron chi connectivity index (χ2n) is 3.23. The molecule has 0 radical (unpaired) electrons. The van der Waals surface area contributed by atoms with Crippen LogP contribution in [0.4, 0.5) is 5.69 Å². The normalized spacial score (nSPS) is 10.3. The number of nitrogen functional groups attached to an aromatic ring is 1. The highest BCUT2D eigenvalue weighted by atomic mass is 16.4. The fourth-order valence-corrected chi connectivity index (χ4v) is 1.30. The van der Waals surface area contributed by atoms with E-state index < -0.39 is 5.97 Å². The first-order valence-electron chi connectivity index (χ1n) is 4.51. The van der Waals surface area contributed by atoms with Crippen LogP contribution in [0, 0.1) is 6.92 Å². The van der Waals surface area contributed by atoms with E-state index in [1.165, 1.54) is 12.1 Å². The standard InChI is InChI=1S/C10H9N3O3/c1-5-12-13-9(16-5)6-2-3-7(10(14)15)8(11)4-6/h2-4H,11H2,1H3,(H,14,15). The number of aromatic carboxylic acids is 1. The summed E-state index contributed by atoms with van der Waals surface area (Å²) >= 11 is 0. The third-order valence-electron chi connectivity index (χ3n) is 2.05. The van der Waals surface area contributed by atoms with Gasteiger partial charge >= 0.3 is 5.97 Å². The maximum absolute atomic E-state index is 10.7. The molecule has 0 atom stereocenters. The fourth-order valence-electron chi connectivity index (χ4n) is 1.30. The average Bonchev–Trinajstić information content (AvgIpc) is 2.64. The van der Waals surface area contributed by atoms with E-state index >= 15 is 0 Å². The van der Waals surface area contributed by atoms with Gasteiger partial charge in [0.15, 0.2) is 0 Å². The van der Waals surface area contributed by atoms with Gasteiger partial charge in [-0.25, -0.2) is 4.79 Å². The summed E-state index contributed by atoms with van der Waals surface area (Å²) in [5, 5.41) is 16.3. The van der Waals surface area contributed by atoms with Crippen LogP contribution in [0.5, 0.6) is 0 Å². The van der Waals surface area contributed by atoms with Gasteiger partial charge in [-0.2, -0.15) is 0 Å². The molecule has 0 amide bonds. The maximum atomic E-state index is 10.7. The number of carboxylic acids is 1. The first-order chi connectivity index (χ1) is 7.58. The zero-order valence-corrected chi connectivity index (χ0v) is 8.47. The molecule has 6 nitrogen and oxygen atoms in total. The number of aryl methyl sites for hydroxylation is 1. The van der Waals surface area contributed by atoms with Crippen LogP contribution in [0.15, 0.2) is 22.6 Å². The van der Waals surface area contributed by atoms with Gasteiger partial charge in [0.25, 0.3) is 0 Å². The van der Waals surface area contributed by atoms with E-state index in [4.69, 9.17) is 15.3 Å². The largest absolute Gasteiger partial charge is 0.478 e. The molecule has 82 valence electrons. The van der Waals surface area contributed by atoms with Crippen molar-refractivity contribution in [1.82, 2.24) is 10.2 Å². The number of rotatable bonds is 2. The zero-order chi connectivity index (χ0) is 11.7. The summed E-state index contributed by atoms with van der Waals surface area (Å²) in [6.45, 7) is 1.67. The topological polar surface area (TPSA) is 102 Å². The van der Waals surface area contributed by atoms with E-state index in [1.807, 2.05) is 0 Å². The molecular weight excluding hydrogens is 210 g/mol. The molecule has 0 fully saturated rings. The third-order valence-corrected chi connectivity index (χ3v) is 2.05. The maximum Gasteiger partial charge on any atom is 0.337 e. The number of benzene rings is 1. The predicted octanol–water partition coefficient (Wildman–Crippen LogP) is 1.33. The summed E-state index contributed by atoms with van der Waals surface area (Å²) in [5.74, 6) is -0.303. The van der Waals surface area contributed by atoms with Crippen molar-refractivity contribution >= 4 is 11.7 Å². The number of carbonyl (C=O) groups is 1. The predicted molar refractivity (Wildman–Crippen MR) is 55.8 cm³/mol.